The number of benzene rings is 1. The van der Waals surface area contributed by atoms with Gasteiger partial charge in [-0.1, -0.05) is 44.2 Å². The SMILES string of the molecule is CC(C)C[C@H](NC(=O)[C@H](CCCN=C(N)N)NC(=O)[C@H](CCC(=O)O)NC(=O)OC(C)(C)C)C(=O)OCc1ccccc1. The average molecular weight is 607 g/mol. The fourth-order valence-electron chi connectivity index (χ4n) is 3.82. The van der Waals surface area contributed by atoms with Crippen molar-refractivity contribution in [3.8, 4) is 0 Å². The molecule has 3 atom stereocenters. The predicted octanol–water partition coefficient (Wildman–Crippen LogP) is 1.56. The smallest absolute Gasteiger partial charge is 0.408 e. The number of guanidine groups is 1. The number of nitrogens with two attached hydrogens (primary N) is 2. The Labute approximate surface area is 252 Å². The minimum atomic E-state index is -1.32. The summed E-state index contributed by atoms with van der Waals surface area (Å²) in [6.07, 6.45) is -0.994. The largest absolute Gasteiger partial charge is 0.481 e. The Hall–Kier alpha value is -4.36. The van der Waals surface area contributed by atoms with Crippen molar-refractivity contribution >= 4 is 35.8 Å². The van der Waals surface area contributed by atoms with Crippen molar-refractivity contribution in [3.63, 3.8) is 0 Å². The Balaban J connectivity index is 3.11. The van der Waals surface area contributed by atoms with E-state index in [4.69, 9.17) is 26.0 Å². The molecule has 0 aromatic heterocycles. The molecule has 1 aromatic carbocycles. The van der Waals surface area contributed by atoms with Crippen LogP contribution < -0.4 is 27.4 Å². The molecule has 0 aliphatic heterocycles. The number of esters is 1. The van der Waals surface area contributed by atoms with Crippen LogP contribution in [-0.2, 0) is 35.3 Å². The molecule has 0 bridgehead atoms. The number of hydrogen-bond acceptors (Lipinski definition) is 8. The molecule has 0 aliphatic carbocycles. The number of nitrogens with one attached hydrogen (secondary N) is 3. The zero-order valence-corrected chi connectivity index (χ0v) is 25.6. The molecular weight excluding hydrogens is 560 g/mol. The van der Waals surface area contributed by atoms with Gasteiger partial charge in [-0.3, -0.25) is 19.4 Å². The number of rotatable bonds is 17. The molecule has 0 saturated heterocycles. The van der Waals surface area contributed by atoms with Gasteiger partial charge in [-0.15, -0.1) is 0 Å². The molecule has 14 heteroatoms. The minimum absolute atomic E-state index is 0.0166. The number of carboxylic acid groups (broad SMARTS) is 1. The van der Waals surface area contributed by atoms with Crippen molar-refractivity contribution in [3.05, 3.63) is 35.9 Å². The quantitative estimate of drug-likeness (QED) is 0.0649. The number of amides is 3. The fourth-order valence-corrected chi connectivity index (χ4v) is 3.82. The highest BCUT2D eigenvalue weighted by Gasteiger charge is 2.31. The van der Waals surface area contributed by atoms with E-state index in [2.05, 4.69) is 20.9 Å². The van der Waals surface area contributed by atoms with Crippen molar-refractivity contribution in [2.24, 2.45) is 22.4 Å². The zero-order valence-electron chi connectivity index (χ0n) is 25.6. The van der Waals surface area contributed by atoms with E-state index in [9.17, 15) is 24.0 Å². The molecule has 0 unspecified atom stereocenters. The van der Waals surface area contributed by atoms with Gasteiger partial charge in [0, 0.05) is 13.0 Å². The van der Waals surface area contributed by atoms with Crippen molar-refractivity contribution < 1.29 is 38.6 Å². The average Bonchev–Trinajstić information content (AvgIpc) is 2.89. The van der Waals surface area contributed by atoms with Crippen LogP contribution in [0.4, 0.5) is 4.79 Å². The third kappa shape index (κ3) is 16.6. The second kappa shape index (κ2) is 18.2. The second-order valence-electron chi connectivity index (χ2n) is 11.4. The van der Waals surface area contributed by atoms with Crippen LogP contribution in [0.1, 0.15) is 72.3 Å². The Morgan fingerprint density at radius 3 is 2.02 bits per heavy atom. The third-order valence-electron chi connectivity index (χ3n) is 5.76. The topological polar surface area (TPSA) is 225 Å². The van der Waals surface area contributed by atoms with E-state index in [-0.39, 0.29) is 50.7 Å². The standard InChI is InChI=1S/C29H46N6O8/c1-18(2)16-22(26(40)42-17-19-10-7-6-8-11-19)34-24(38)20(12-9-15-32-27(30)31)33-25(39)21(13-14-23(36)37)35-28(41)43-29(3,4)5/h6-8,10-11,18,20-22H,9,12-17H2,1-5H3,(H,33,39)(H,34,38)(H,35,41)(H,36,37)(H4,30,31,32)/t20-,21-,22-/m0/s1. The van der Waals surface area contributed by atoms with Gasteiger partial charge in [0.2, 0.25) is 11.8 Å². The number of carboxylic acids is 1. The predicted molar refractivity (Wildman–Crippen MR) is 159 cm³/mol. The summed E-state index contributed by atoms with van der Waals surface area (Å²) in [7, 11) is 0. The molecule has 0 heterocycles. The van der Waals surface area contributed by atoms with Gasteiger partial charge in [-0.25, -0.2) is 9.59 Å². The highest BCUT2D eigenvalue weighted by atomic mass is 16.6. The molecule has 0 radical (unpaired) electrons. The minimum Gasteiger partial charge on any atom is -0.481 e. The highest BCUT2D eigenvalue weighted by molar-refractivity contribution is 5.93. The highest BCUT2D eigenvalue weighted by Crippen LogP contribution is 2.12. The van der Waals surface area contributed by atoms with E-state index < -0.39 is 60.0 Å². The van der Waals surface area contributed by atoms with Crippen LogP contribution in [0.5, 0.6) is 0 Å². The Bertz CT molecular complexity index is 1100. The molecule has 0 spiro atoms. The molecule has 0 saturated carbocycles. The number of ether oxygens (including phenoxy) is 2. The summed E-state index contributed by atoms with van der Waals surface area (Å²) in [4.78, 5) is 67.1. The number of hydrogen-bond donors (Lipinski definition) is 6. The van der Waals surface area contributed by atoms with Crippen molar-refractivity contribution in [1.82, 2.24) is 16.0 Å². The summed E-state index contributed by atoms with van der Waals surface area (Å²) < 4.78 is 10.7. The summed E-state index contributed by atoms with van der Waals surface area (Å²) in [5.41, 5.74) is 10.7. The molecule has 1 rings (SSSR count). The Kier molecular flexibility index (Phi) is 15.5. The summed E-state index contributed by atoms with van der Waals surface area (Å²) >= 11 is 0. The lowest BCUT2D eigenvalue weighted by Crippen LogP contribution is -2.56. The van der Waals surface area contributed by atoms with Crippen LogP contribution in [0, 0.1) is 5.92 Å². The van der Waals surface area contributed by atoms with Gasteiger partial charge in [0.25, 0.3) is 0 Å². The Morgan fingerprint density at radius 2 is 1.49 bits per heavy atom. The van der Waals surface area contributed by atoms with E-state index >= 15 is 0 Å². The van der Waals surface area contributed by atoms with Crippen LogP contribution in [0.25, 0.3) is 0 Å². The van der Waals surface area contributed by atoms with Crippen molar-refractivity contribution in [2.75, 3.05) is 6.54 Å². The van der Waals surface area contributed by atoms with E-state index in [0.717, 1.165) is 5.56 Å². The van der Waals surface area contributed by atoms with E-state index in [1.54, 1.807) is 32.9 Å². The summed E-state index contributed by atoms with van der Waals surface area (Å²) in [5, 5.41) is 16.8. The maximum atomic E-state index is 13.5. The number of carbonyl (C=O) groups is 5. The maximum absolute atomic E-state index is 13.5. The molecule has 0 fully saturated rings. The number of aliphatic carboxylic acids is 1. The first-order valence-corrected chi connectivity index (χ1v) is 14.1. The van der Waals surface area contributed by atoms with Crippen LogP contribution in [0.2, 0.25) is 0 Å². The van der Waals surface area contributed by atoms with Crippen molar-refractivity contribution in [1.29, 1.82) is 0 Å². The number of aliphatic imine (C=N–C) groups is 1. The van der Waals surface area contributed by atoms with Crippen LogP contribution in [0.15, 0.2) is 35.3 Å². The molecule has 0 aliphatic rings. The van der Waals surface area contributed by atoms with Gasteiger partial charge >= 0.3 is 18.0 Å². The summed E-state index contributed by atoms with van der Waals surface area (Å²) in [6, 6.07) is 5.57. The van der Waals surface area contributed by atoms with Crippen LogP contribution >= 0.6 is 0 Å². The lowest BCUT2D eigenvalue weighted by molar-refractivity contribution is -0.150. The lowest BCUT2D eigenvalue weighted by Gasteiger charge is -2.26. The molecule has 240 valence electrons. The van der Waals surface area contributed by atoms with E-state index in [1.165, 1.54) is 0 Å². The number of carbonyl (C=O) groups excluding carboxylic acids is 4. The lowest BCUT2D eigenvalue weighted by atomic mass is 10.0. The fraction of sp³-hybridized carbons (Fsp3) is 0.586. The molecule has 8 N–H and O–H groups in total. The second-order valence-corrected chi connectivity index (χ2v) is 11.4. The molecule has 14 nitrogen and oxygen atoms in total. The van der Waals surface area contributed by atoms with Crippen LogP contribution in [0.3, 0.4) is 0 Å². The summed E-state index contributed by atoms with van der Waals surface area (Å²) in [5.74, 6) is -3.42. The van der Waals surface area contributed by atoms with E-state index in [0.29, 0.717) is 0 Å². The normalized spacial score (nSPS) is 13.2. The first kappa shape index (κ1) is 36.7. The third-order valence-corrected chi connectivity index (χ3v) is 5.76. The maximum Gasteiger partial charge on any atom is 0.408 e. The van der Waals surface area contributed by atoms with Gasteiger partial charge in [0.1, 0.15) is 30.3 Å². The van der Waals surface area contributed by atoms with Gasteiger partial charge in [0.05, 0.1) is 0 Å². The zero-order chi connectivity index (χ0) is 32.6. The first-order chi connectivity index (χ1) is 20.1. The molecule has 1 aromatic rings. The Morgan fingerprint density at radius 1 is 0.907 bits per heavy atom. The molecule has 43 heavy (non-hydrogen) atoms. The monoisotopic (exact) mass is 606 g/mol. The van der Waals surface area contributed by atoms with Gasteiger partial charge in [-0.05, 0) is 57.9 Å². The molecule has 3 amide bonds. The summed E-state index contributed by atoms with van der Waals surface area (Å²) in [6.45, 7) is 8.84. The number of alkyl carbamates (subject to hydrolysis) is 1. The van der Waals surface area contributed by atoms with Crippen molar-refractivity contribution in [2.45, 2.75) is 97.1 Å². The van der Waals surface area contributed by atoms with Crippen LogP contribution in [-0.4, -0.2) is 71.2 Å². The van der Waals surface area contributed by atoms with Gasteiger partial charge < -0.3 is 42.0 Å². The number of nitrogens with zero attached hydrogens (tertiary/aromatic N) is 1. The first-order valence-electron chi connectivity index (χ1n) is 14.1. The molecular formula is C29H46N6O8. The van der Waals surface area contributed by atoms with E-state index in [1.807, 2.05) is 32.0 Å². The van der Waals surface area contributed by atoms with Gasteiger partial charge in [0.15, 0.2) is 5.96 Å². The van der Waals surface area contributed by atoms with Gasteiger partial charge in [-0.2, -0.15) is 0 Å².